The maximum Gasteiger partial charge on any atom is 0.166 e. The van der Waals surface area contributed by atoms with E-state index in [1.807, 2.05) is 18.2 Å². The highest BCUT2D eigenvalue weighted by Crippen LogP contribution is 2.43. The topological polar surface area (TPSA) is 56.7 Å². The Morgan fingerprint density at radius 2 is 0.966 bits per heavy atom. The third-order valence-electron chi connectivity index (χ3n) is 11.4. The van der Waals surface area contributed by atoms with Gasteiger partial charge in [0.05, 0.1) is 11.0 Å². The van der Waals surface area contributed by atoms with Gasteiger partial charge in [-0.05, 0) is 81.2 Å². The zero-order valence-corrected chi connectivity index (χ0v) is 31.2. The second-order valence-electron chi connectivity index (χ2n) is 14.8. The van der Waals surface area contributed by atoms with E-state index >= 15 is 0 Å². The normalized spacial score (nSPS) is 11.8. The molecule has 0 aliphatic carbocycles. The van der Waals surface area contributed by atoms with Crippen molar-refractivity contribution in [3.05, 3.63) is 194 Å². The van der Waals surface area contributed by atoms with Crippen molar-refractivity contribution in [1.82, 2.24) is 19.5 Å². The fraction of sp³-hybridized carbons (Fsp3) is 0. The summed E-state index contributed by atoms with van der Waals surface area (Å²) in [5.41, 5.74) is 9.51. The highest BCUT2D eigenvalue weighted by molar-refractivity contribution is 6.16. The molecule has 0 saturated carbocycles. The van der Waals surface area contributed by atoms with E-state index in [1.54, 1.807) is 0 Å². The van der Waals surface area contributed by atoms with E-state index in [1.165, 1.54) is 10.8 Å². The smallest absolute Gasteiger partial charge is 0.166 e. The molecule has 3 aromatic heterocycles. The summed E-state index contributed by atoms with van der Waals surface area (Å²) in [6, 6.07) is 68.0. The molecule has 0 atom stereocenters. The van der Waals surface area contributed by atoms with Crippen molar-refractivity contribution in [3.63, 3.8) is 0 Å². The highest BCUT2D eigenvalue weighted by atomic mass is 16.3. The molecule has 0 bridgehead atoms. The summed E-state index contributed by atoms with van der Waals surface area (Å²) in [6.07, 6.45) is 0. The Balaban J connectivity index is 1.19. The molecule has 5 heteroatoms. The van der Waals surface area contributed by atoms with E-state index < -0.39 is 0 Å². The zero-order chi connectivity index (χ0) is 38.2. The molecule has 0 aliphatic heterocycles. The van der Waals surface area contributed by atoms with Gasteiger partial charge in [0.25, 0.3) is 0 Å². The second kappa shape index (κ2) is 12.8. The molecule has 12 aromatic rings. The van der Waals surface area contributed by atoms with Gasteiger partial charge in [-0.2, -0.15) is 0 Å². The Morgan fingerprint density at radius 3 is 1.79 bits per heavy atom. The summed E-state index contributed by atoms with van der Waals surface area (Å²) >= 11 is 0. The Morgan fingerprint density at radius 1 is 0.345 bits per heavy atom. The quantitative estimate of drug-likeness (QED) is 0.176. The molecule has 0 N–H and O–H groups in total. The largest absolute Gasteiger partial charge is 0.454 e. The van der Waals surface area contributed by atoms with Crippen LogP contribution in [0.25, 0.3) is 116 Å². The van der Waals surface area contributed by atoms with Crippen molar-refractivity contribution >= 4 is 65.3 Å². The molecule has 58 heavy (non-hydrogen) atoms. The molecule has 0 amide bonds. The number of furan rings is 1. The van der Waals surface area contributed by atoms with Crippen molar-refractivity contribution in [2.45, 2.75) is 0 Å². The number of aromatic nitrogens is 4. The van der Waals surface area contributed by atoms with Crippen LogP contribution < -0.4 is 0 Å². The van der Waals surface area contributed by atoms with Crippen LogP contribution >= 0.6 is 0 Å². The number of rotatable bonds is 5. The average molecular weight is 741 g/mol. The SMILES string of the molecule is c1ccc(-c2cccc(-c3nc(-c4ccc5ccccc5c4)nc(-c4ccc5c(oc6ccccc65)c4-n4c5ccccc5c5cc6ccccc6cc54)n3)c2)cc1. The number of nitrogens with zero attached hydrogens (tertiary/aromatic N) is 4. The molecule has 12 rings (SSSR count). The summed E-state index contributed by atoms with van der Waals surface area (Å²) < 4.78 is 9.26. The summed E-state index contributed by atoms with van der Waals surface area (Å²) in [7, 11) is 0. The van der Waals surface area contributed by atoms with Crippen molar-refractivity contribution in [1.29, 1.82) is 0 Å². The Hall–Kier alpha value is -7.89. The minimum atomic E-state index is 0.558. The number of fused-ring (bicyclic) bond motifs is 8. The van der Waals surface area contributed by atoms with Gasteiger partial charge in [-0.25, -0.2) is 15.0 Å². The van der Waals surface area contributed by atoms with E-state index in [-0.39, 0.29) is 0 Å². The van der Waals surface area contributed by atoms with Gasteiger partial charge in [-0.15, -0.1) is 0 Å². The number of benzene rings is 9. The minimum Gasteiger partial charge on any atom is -0.454 e. The summed E-state index contributed by atoms with van der Waals surface area (Å²) in [6.45, 7) is 0. The number of hydrogen-bond donors (Lipinski definition) is 0. The predicted molar refractivity (Wildman–Crippen MR) is 238 cm³/mol. The van der Waals surface area contributed by atoms with Crippen LogP contribution in [0.1, 0.15) is 0 Å². The molecular formula is C53H32N4O. The molecular weight excluding hydrogens is 709 g/mol. The van der Waals surface area contributed by atoms with Gasteiger partial charge < -0.3 is 8.98 Å². The zero-order valence-electron chi connectivity index (χ0n) is 31.2. The molecule has 0 unspecified atom stereocenters. The minimum absolute atomic E-state index is 0.558. The van der Waals surface area contributed by atoms with Gasteiger partial charge in [0.15, 0.2) is 23.1 Å². The third-order valence-corrected chi connectivity index (χ3v) is 11.4. The van der Waals surface area contributed by atoms with E-state index in [0.717, 1.165) is 88.0 Å². The Bertz CT molecular complexity index is 3580. The maximum atomic E-state index is 6.91. The summed E-state index contributed by atoms with van der Waals surface area (Å²) in [5.74, 6) is 1.75. The van der Waals surface area contributed by atoms with Crippen LogP contribution in [-0.4, -0.2) is 19.5 Å². The first-order valence-corrected chi connectivity index (χ1v) is 19.5. The monoisotopic (exact) mass is 740 g/mol. The standard InChI is InChI=1S/C53H32N4O/c1-2-13-33(14-3-1)36-19-12-20-39(29-36)51-54-52(40-26-25-34-15-4-5-16-35(34)30-40)56-53(55-51)44-28-27-43-42-22-9-11-24-48(42)58-50(43)49(44)57-46-23-10-8-21-41(46)45-31-37-17-6-7-18-38(37)32-47(45)57/h1-32H. The number of hydrogen-bond acceptors (Lipinski definition) is 4. The lowest BCUT2D eigenvalue weighted by Crippen LogP contribution is -2.04. The molecule has 0 spiro atoms. The number of para-hydroxylation sites is 2. The molecule has 3 heterocycles. The maximum absolute atomic E-state index is 6.91. The molecule has 9 aromatic carbocycles. The van der Waals surface area contributed by atoms with Crippen LogP contribution in [0, 0.1) is 0 Å². The van der Waals surface area contributed by atoms with Gasteiger partial charge in [0.1, 0.15) is 11.3 Å². The lowest BCUT2D eigenvalue weighted by molar-refractivity contribution is 0.666. The van der Waals surface area contributed by atoms with Crippen LogP contribution in [0.15, 0.2) is 199 Å². The molecule has 0 radical (unpaired) electrons. The van der Waals surface area contributed by atoms with E-state index in [9.17, 15) is 0 Å². The first-order valence-electron chi connectivity index (χ1n) is 19.5. The van der Waals surface area contributed by atoms with Crippen molar-refractivity contribution in [2.24, 2.45) is 0 Å². The van der Waals surface area contributed by atoms with Gasteiger partial charge in [-0.1, -0.05) is 146 Å². The van der Waals surface area contributed by atoms with Crippen LogP contribution in [0.5, 0.6) is 0 Å². The van der Waals surface area contributed by atoms with Gasteiger partial charge in [-0.3, -0.25) is 0 Å². The average Bonchev–Trinajstić information content (AvgIpc) is 3.83. The molecule has 5 nitrogen and oxygen atoms in total. The molecule has 0 saturated heterocycles. The van der Waals surface area contributed by atoms with Crippen LogP contribution in [-0.2, 0) is 0 Å². The van der Waals surface area contributed by atoms with Gasteiger partial charge in [0.2, 0.25) is 0 Å². The Kier molecular flexibility index (Phi) is 7.16. The van der Waals surface area contributed by atoms with Gasteiger partial charge >= 0.3 is 0 Å². The second-order valence-corrected chi connectivity index (χ2v) is 14.8. The van der Waals surface area contributed by atoms with Crippen molar-refractivity contribution < 1.29 is 4.42 Å². The van der Waals surface area contributed by atoms with Crippen LogP contribution in [0.3, 0.4) is 0 Å². The van der Waals surface area contributed by atoms with Crippen molar-refractivity contribution in [2.75, 3.05) is 0 Å². The van der Waals surface area contributed by atoms with Crippen LogP contribution in [0.2, 0.25) is 0 Å². The van der Waals surface area contributed by atoms with Crippen LogP contribution in [0.4, 0.5) is 0 Å². The highest BCUT2D eigenvalue weighted by Gasteiger charge is 2.25. The molecule has 0 aliphatic rings. The predicted octanol–water partition coefficient (Wildman–Crippen LogP) is 13.8. The molecule has 0 fully saturated rings. The first kappa shape index (κ1) is 32.4. The lowest BCUT2D eigenvalue weighted by Gasteiger charge is -2.16. The fourth-order valence-corrected chi connectivity index (χ4v) is 8.62. The van der Waals surface area contributed by atoms with E-state index in [0.29, 0.717) is 17.5 Å². The fourth-order valence-electron chi connectivity index (χ4n) is 8.62. The third kappa shape index (κ3) is 5.14. The van der Waals surface area contributed by atoms with E-state index in [2.05, 4.69) is 180 Å². The Labute approximate surface area is 333 Å². The van der Waals surface area contributed by atoms with Crippen molar-refractivity contribution in [3.8, 4) is 51.0 Å². The molecule has 270 valence electrons. The first-order chi connectivity index (χ1) is 28.7. The summed E-state index contributed by atoms with van der Waals surface area (Å²) in [4.78, 5) is 15.9. The lowest BCUT2D eigenvalue weighted by atomic mass is 10.0. The summed E-state index contributed by atoms with van der Waals surface area (Å²) in [5, 5.41) is 9.05. The van der Waals surface area contributed by atoms with E-state index in [4.69, 9.17) is 19.4 Å². The van der Waals surface area contributed by atoms with Gasteiger partial charge in [0, 0.05) is 38.2 Å².